The summed E-state index contributed by atoms with van der Waals surface area (Å²) in [5.74, 6) is 0.844. The van der Waals surface area contributed by atoms with Gasteiger partial charge in [-0.25, -0.2) is 4.39 Å². The van der Waals surface area contributed by atoms with E-state index in [0.717, 1.165) is 18.6 Å². The first kappa shape index (κ1) is 15.9. The van der Waals surface area contributed by atoms with Crippen molar-refractivity contribution in [2.45, 2.75) is 18.3 Å². The topological polar surface area (TPSA) is 74.2 Å². The minimum absolute atomic E-state index is 0. The maximum atomic E-state index is 13.0. The summed E-state index contributed by atoms with van der Waals surface area (Å²) in [5, 5.41) is 4.01. The number of benzene rings is 1. The Bertz CT molecular complexity index is 570. The average molecular weight is 314 g/mol. The average Bonchev–Trinajstić information content (AvgIpc) is 3.12. The first-order valence-corrected chi connectivity index (χ1v) is 6.64. The third kappa shape index (κ3) is 3.40. The number of hydrogen-bond donors (Lipinski definition) is 1. The second-order valence-electron chi connectivity index (χ2n) is 4.89. The van der Waals surface area contributed by atoms with Crippen molar-refractivity contribution >= 4 is 12.4 Å². The lowest BCUT2D eigenvalue weighted by atomic mass is 9.99. The molecule has 0 amide bonds. The van der Waals surface area contributed by atoms with Gasteiger partial charge in [0.05, 0.1) is 12.5 Å². The molecule has 1 aromatic carbocycles. The number of rotatable bonds is 4. The molecule has 21 heavy (non-hydrogen) atoms. The van der Waals surface area contributed by atoms with Crippen LogP contribution in [0.5, 0.6) is 0 Å². The SMILES string of the molecule is Cl.NCC(c1ccc(F)cc1)c1nc(C2CCOC2)no1. The third-order valence-electron chi connectivity index (χ3n) is 3.56. The van der Waals surface area contributed by atoms with Crippen molar-refractivity contribution in [3.8, 4) is 0 Å². The van der Waals surface area contributed by atoms with E-state index in [0.29, 0.717) is 24.9 Å². The molecular weight excluding hydrogens is 297 g/mol. The predicted molar refractivity (Wildman–Crippen MR) is 77.0 cm³/mol. The van der Waals surface area contributed by atoms with Gasteiger partial charge in [-0.15, -0.1) is 12.4 Å². The normalized spacial score (nSPS) is 19.2. The zero-order chi connectivity index (χ0) is 13.9. The van der Waals surface area contributed by atoms with E-state index in [2.05, 4.69) is 10.1 Å². The number of hydrogen-bond acceptors (Lipinski definition) is 5. The van der Waals surface area contributed by atoms with Crippen LogP contribution in [0, 0.1) is 5.82 Å². The van der Waals surface area contributed by atoms with Gasteiger partial charge in [-0.2, -0.15) is 4.98 Å². The van der Waals surface area contributed by atoms with E-state index in [4.69, 9.17) is 15.0 Å². The minimum Gasteiger partial charge on any atom is -0.381 e. The van der Waals surface area contributed by atoms with Gasteiger partial charge in [0.2, 0.25) is 5.89 Å². The molecule has 1 aromatic heterocycles. The fourth-order valence-electron chi connectivity index (χ4n) is 2.37. The van der Waals surface area contributed by atoms with Crippen molar-refractivity contribution in [3.05, 3.63) is 47.4 Å². The van der Waals surface area contributed by atoms with Crippen LogP contribution < -0.4 is 5.73 Å². The zero-order valence-corrected chi connectivity index (χ0v) is 12.2. The molecule has 0 aliphatic carbocycles. The smallest absolute Gasteiger partial charge is 0.235 e. The molecular formula is C14H17ClFN3O2. The molecule has 2 N–H and O–H groups in total. The van der Waals surface area contributed by atoms with Crippen LogP contribution in [-0.4, -0.2) is 29.9 Å². The summed E-state index contributed by atoms with van der Waals surface area (Å²) in [6.07, 6.45) is 0.906. The predicted octanol–water partition coefficient (Wildman–Crippen LogP) is 2.23. The molecule has 3 rings (SSSR count). The van der Waals surface area contributed by atoms with Crippen LogP contribution in [0.4, 0.5) is 4.39 Å². The van der Waals surface area contributed by atoms with Crippen molar-refractivity contribution in [2.24, 2.45) is 5.73 Å². The summed E-state index contributed by atoms with van der Waals surface area (Å²) in [4.78, 5) is 4.43. The molecule has 0 radical (unpaired) electrons. The Balaban J connectivity index is 0.00000161. The summed E-state index contributed by atoms with van der Waals surface area (Å²) in [7, 11) is 0. The van der Waals surface area contributed by atoms with Crippen molar-refractivity contribution in [1.29, 1.82) is 0 Å². The first-order chi connectivity index (χ1) is 9.78. The van der Waals surface area contributed by atoms with Crippen molar-refractivity contribution < 1.29 is 13.7 Å². The largest absolute Gasteiger partial charge is 0.381 e. The standard InChI is InChI=1S/C14H16FN3O2.ClH/c15-11-3-1-9(2-4-11)12(7-16)14-17-13(18-20-14)10-5-6-19-8-10;/h1-4,10,12H,5-8,16H2;1H. The van der Waals surface area contributed by atoms with Crippen LogP contribution in [0.1, 0.15) is 35.5 Å². The molecule has 1 fully saturated rings. The highest BCUT2D eigenvalue weighted by atomic mass is 35.5. The van der Waals surface area contributed by atoms with Gasteiger partial charge in [-0.3, -0.25) is 0 Å². The van der Waals surface area contributed by atoms with Crippen LogP contribution in [-0.2, 0) is 4.74 Å². The van der Waals surface area contributed by atoms with Crippen LogP contribution in [0.2, 0.25) is 0 Å². The highest BCUT2D eigenvalue weighted by molar-refractivity contribution is 5.85. The van der Waals surface area contributed by atoms with E-state index < -0.39 is 0 Å². The van der Waals surface area contributed by atoms with E-state index >= 15 is 0 Å². The number of nitrogens with zero attached hydrogens (tertiary/aromatic N) is 2. The summed E-state index contributed by atoms with van der Waals surface area (Å²) in [6, 6.07) is 6.19. The second-order valence-corrected chi connectivity index (χ2v) is 4.89. The Morgan fingerprint density at radius 3 is 2.71 bits per heavy atom. The van der Waals surface area contributed by atoms with E-state index in [-0.39, 0.29) is 30.1 Å². The monoisotopic (exact) mass is 313 g/mol. The van der Waals surface area contributed by atoms with Gasteiger partial charge in [0.25, 0.3) is 0 Å². The summed E-state index contributed by atoms with van der Waals surface area (Å²) in [5.41, 5.74) is 6.66. The minimum atomic E-state index is -0.279. The highest BCUT2D eigenvalue weighted by Gasteiger charge is 2.26. The van der Waals surface area contributed by atoms with Gasteiger partial charge in [-0.05, 0) is 24.1 Å². The molecule has 2 aromatic rings. The lowest BCUT2D eigenvalue weighted by Crippen LogP contribution is -2.14. The van der Waals surface area contributed by atoms with E-state index in [9.17, 15) is 4.39 Å². The summed E-state index contributed by atoms with van der Waals surface area (Å²) in [6.45, 7) is 1.68. The Labute approximate surface area is 128 Å². The van der Waals surface area contributed by atoms with Crippen LogP contribution in [0.15, 0.2) is 28.8 Å². The molecule has 0 bridgehead atoms. The van der Waals surface area contributed by atoms with Gasteiger partial charge >= 0.3 is 0 Å². The molecule has 1 aliphatic rings. The molecule has 2 atom stereocenters. The van der Waals surface area contributed by atoms with Crippen molar-refractivity contribution in [3.63, 3.8) is 0 Å². The fraction of sp³-hybridized carbons (Fsp3) is 0.429. The fourth-order valence-corrected chi connectivity index (χ4v) is 2.37. The second kappa shape index (κ2) is 6.98. The Morgan fingerprint density at radius 1 is 1.33 bits per heavy atom. The highest BCUT2D eigenvalue weighted by Crippen LogP contribution is 2.27. The summed E-state index contributed by atoms with van der Waals surface area (Å²) < 4.78 is 23.6. The quantitative estimate of drug-likeness (QED) is 0.937. The van der Waals surface area contributed by atoms with Gasteiger partial charge in [0.1, 0.15) is 5.82 Å². The molecule has 0 spiro atoms. The number of ether oxygens (including phenoxy) is 1. The molecule has 0 saturated carbocycles. The Kier molecular flexibility index (Phi) is 5.27. The number of aromatic nitrogens is 2. The Morgan fingerprint density at radius 2 is 2.10 bits per heavy atom. The van der Waals surface area contributed by atoms with Crippen molar-refractivity contribution in [2.75, 3.05) is 19.8 Å². The molecule has 114 valence electrons. The first-order valence-electron chi connectivity index (χ1n) is 6.64. The number of nitrogens with two attached hydrogens (primary N) is 1. The van der Waals surface area contributed by atoms with Crippen LogP contribution >= 0.6 is 12.4 Å². The van der Waals surface area contributed by atoms with Crippen LogP contribution in [0.25, 0.3) is 0 Å². The van der Waals surface area contributed by atoms with Gasteiger partial charge in [0, 0.05) is 19.1 Å². The van der Waals surface area contributed by atoms with Gasteiger partial charge < -0.3 is 15.0 Å². The molecule has 1 aliphatic heterocycles. The molecule has 5 nitrogen and oxygen atoms in total. The van der Waals surface area contributed by atoms with E-state index in [1.807, 2.05) is 0 Å². The molecule has 2 unspecified atom stereocenters. The van der Waals surface area contributed by atoms with E-state index in [1.54, 1.807) is 12.1 Å². The lowest BCUT2D eigenvalue weighted by molar-refractivity contribution is 0.192. The van der Waals surface area contributed by atoms with Gasteiger partial charge in [0.15, 0.2) is 5.82 Å². The van der Waals surface area contributed by atoms with Crippen LogP contribution in [0.3, 0.4) is 0 Å². The molecule has 1 saturated heterocycles. The zero-order valence-electron chi connectivity index (χ0n) is 11.4. The van der Waals surface area contributed by atoms with Gasteiger partial charge in [-0.1, -0.05) is 17.3 Å². The van der Waals surface area contributed by atoms with E-state index in [1.165, 1.54) is 12.1 Å². The maximum absolute atomic E-state index is 13.0. The van der Waals surface area contributed by atoms with Crippen molar-refractivity contribution in [1.82, 2.24) is 10.1 Å². The molecule has 2 heterocycles. The Hall–Kier alpha value is -1.50. The maximum Gasteiger partial charge on any atom is 0.235 e. The lowest BCUT2D eigenvalue weighted by Gasteiger charge is -2.10. The third-order valence-corrected chi connectivity index (χ3v) is 3.56. The summed E-state index contributed by atoms with van der Waals surface area (Å²) >= 11 is 0. The number of halogens is 2. The molecule has 7 heteroatoms.